The smallest absolute Gasteiger partial charge is 0.249 e. The average molecular weight is 643 g/mol. The van der Waals surface area contributed by atoms with Crippen molar-refractivity contribution in [1.82, 2.24) is 15.3 Å². The van der Waals surface area contributed by atoms with E-state index < -0.39 is 46.7 Å². The van der Waals surface area contributed by atoms with Crippen molar-refractivity contribution in [1.29, 1.82) is 0 Å². The molecule has 5 heterocycles. The van der Waals surface area contributed by atoms with Gasteiger partial charge in [0.15, 0.2) is 23.5 Å². The van der Waals surface area contributed by atoms with Crippen LogP contribution < -0.4 is 15.4 Å². The zero-order valence-corrected chi connectivity index (χ0v) is 27.3. The highest BCUT2D eigenvalue weighted by atomic mass is 19.1. The molecule has 2 aromatic carbocycles. The highest BCUT2D eigenvalue weighted by Gasteiger charge is 2.61. The summed E-state index contributed by atoms with van der Waals surface area (Å²) in [6, 6.07) is 9.43. The van der Waals surface area contributed by atoms with E-state index >= 15 is 4.39 Å². The number of nitrogens with zero attached hydrogens (tertiary/aromatic N) is 2. The monoisotopic (exact) mass is 642 g/mol. The quantitative estimate of drug-likeness (QED) is 0.236. The molecule has 7 rings (SSSR count). The summed E-state index contributed by atoms with van der Waals surface area (Å²) >= 11 is 0. The largest absolute Gasteiger partial charge is 0.469 e. The zero-order chi connectivity index (χ0) is 33.4. The molecule has 1 unspecified atom stereocenters. The number of amides is 1. The molecule has 11 heteroatoms. The molecule has 2 aromatic heterocycles. The standard InChI is InChI=1S/C36H39FN4O6/c1-7-21-16-45-32(38-21)27-30-36-22-15-20(37)9-10-24(22)39-34(36)46-26-11-8-18(13-23(26)36)12-19(14-25(42)28(43)17(2)3)31(44)41-29(35(4,5)6)33(40-27)47-30/h8-11,13,15-17,19,28-29,34,39,43H,7,12,14H2,1-6H3,(H,41,44)/t19-,28+,29-,34?,36+/m1/s1. The van der Waals surface area contributed by atoms with Crippen LogP contribution in [0, 0.1) is 23.1 Å². The SMILES string of the molecule is CCc1coc(-c2nc3oc2[C@@]24c5cc(F)ccc5NC2Oc2ccc(cc24)C[C@H](CC(=O)[C@@H](O)C(C)C)C(=O)N[C@H]3C(C)(C)C)n1. The number of hydrogen-bond donors (Lipinski definition) is 3. The summed E-state index contributed by atoms with van der Waals surface area (Å²) in [6.45, 7) is 11.4. The Kier molecular flexibility index (Phi) is 7.31. The van der Waals surface area contributed by atoms with E-state index in [1.807, 2.05) is 45.9 Å². The fourth-order valence-corrected chi connectivity index (χ4v) is 7.01. The minimum atomic E-state index is -1.21. The Morgan fingerprint density at radius 1 is 1.13 bits per heavy atom. The van der Waals surface area contributed by atoms with Gasteiger partial charge >= 0.3 is 0 Å². The molecule has 1 spiro atoms. The van der Waals surface area contributed by atoms with Crippen LogP contribution in [-0.4, -0.2) is 39.1 Å². The normalized spacial score (nSPS) is 23.6. The van der Waals surface area contributed by atoms with E-state index in [0.29, 0.717) is 40.4 Å². The first kappa shape index (κ1) is 31.1. The Morgan fingerprint density at radius 2 is 1.91 bits per heavy atom. The second-order valence-corrected chi connectivity index (χ2v) is 14.3. The minimum Gasteiger partial charge on any atom is -0.469 e. The molecule has 0 saturated heterocycles. The molecule has 4 aromatic rings. The number of aliphatic hydroxyl groups is 1. The van der Waals surface area contributed by atoms with Gasteiger partial charge in [-0.05, 0) is 54.0 Å². The third kappa shape index (κ3) is 4.94. The minimum absolute atomic E-state index is 0.156. The van der Waals surface area contributed by atoms with E-state index in [1.165, 1.54) is 12.1 Å². The number of benzene rings is 2. The number of halogens is 1. The van der Waals surface area contributed by atoms with Crippen LogP contribution in [0.2, 0.25) is 0 Å². The summed E-state index contributed by atoms with van der Waals surface area (Å²) in [5, 5.41) is 17.2. The molecule has 0 radical (unpaired) electrons. The van der Waals surface area contributed by atoms with Gasteiger partial charge in [-0.3, -0.25) is 9.59 Å². The maximum absolute atomic E-state index is 15.1. The summed E-state index contributed by atoms with van der Waals surface area (Å²) in [6.07, 6.45) is 0.349. The van der Waals surface area contributed by atoms with Crippen LogP contribution in [0.25, 0.3) is 11.6 Å². The van der Waals surface area contributed by atoms with Gasteiger partial charge < -0.3 is 29.3 Å². The molecule has 1 amide bonds. The summed E-state index contributed by atoms with van der Waals surface area (Å²) in [5.74, 6) is -0.932. The Labute approximate surface area is 272 Å². The summed E-state index contributed by atoms with van der Waals surface area (Å²) in [4.78, 5) is 37.0. The van der Waals surface area contributed by atoms with Crippen LogP contribution in [0.4, 0.5) is 10.1 Å². The van der Waals surface area contributed by atoms with Crippen LogP contribution in [0.15, 0.2) is 51.5 Å². The molecule has 246 valence electrons. The maximum atomic E-state index is 15.1. The number of carbonyl (C=O) groups is 2. The number of rotatable bonds is 6. The van der Waals surface area contributed by atoms with Gasteiger partial charge in [0.1, 0.15) is 35.4 Å². The lowest BCUT2D eigenvalue weighted by atomic mass is 9.72. The fraction of sp³-hybridized carbons (Fsp3) is 0.444. The summed E-state index contributed by atoms with van der Waals surface area (Å²) in [7, 11) is 0. The van der Waals surface area contributed by atoms with E-state index in [4.69, 9.17) is 23.5 Å². The Hall–Kier alpha value is -4.51. The number of aryl methyl sites for hydroxylation is 1. The van der Waals surface area contributed by atoms with Crippen molar-refractivity contribution in [3.63, 3.8) is 0 Å². The van der Waals surface area contributed by atoms with E-state index in [-0.39, 0.29) is 36.4 Å². The molecular formula is C36H39FN4O6. The van der Waals surface area contributed by atoms with Crippen LogP contribution >= 0.6 is 0 Å². The van der Waals surface area contributed by atoms with Crippen molar-refractivity contribution >= 4 is 17.4 Å². The third-order valence-corrected chi connectivity index (χ3v) is 9.58. The maximum Gasteiger partial charge on any atom is 0.249 e. The van der Waals surface area contributed by atoms with Crippen molar-refractivity contribution in [3.05, 3.63) is 82.5 Å². The predicted octanol–water partition coefficient (Wildman–Crippen LogP) is 5.86. The van der Waals surface area contributed by atoms with Gasteiger partial charge in [0.05, 0.1) is 5.69 Å². The van der Waals surface area contributed by atoms with Crippen LogP contribution in [0.1, 0.15) is 88.0 Å². The molecule has 5 atom stereocenters. The number of Topliss-reactive ketones (excluding diaryl/α,β-unsaturated/α-hetero) is 1. The summed E-state index contributed by atoms with van der Waals surface area (Å²) in [5.41, 5.74) is 1.97. The van der Waals surface area contributed by atoms with Gasteiger partial charge in [-0.1, -0.05) is 53.7 Å². The molecule has 47 heavy (non-hydrogen) atoms. The topological polar surface area (TPSA) is 140 Å². The number of aromatic nitrogens is 2. The average Bonchev–Trinajstić information content (AvgIpc) is 3.79. The molecule has 3 aliphatic rings. The van der Waals surface area contributed by atoms with Crippen molar-refractivity contribution in [2.45, 2.75) is 84.6 Å². The second-order valence-electron chi connectivity index (χ2n) is 14.3. The zero-order valence-electron chi connectivity index (χ0n) is 27.3. The van der Waals surface area contributed by atoms with Gasteiger partial charge in [0.2, 0.25) is 17.7 Å². The number of hydrogen-bond acceptors (Lipinski definition) is 9. The van der Waals surface area contributed by atoms with Gasteiger partial charge in [0, 0.05) is 29.2 Å². The molecule has 3 aliphatic heterocycles. The first-order chi connectivity index (χ1) is 22.3. The highest BCUT2D eigenvalue weighted by molar-refractivity contribution is 5.89. The third-order valence-electron chi connectivity index (χ3n) is 9.58. The van der Waals surface area contributed by atoms with Gasteiger partial charge in [-0.15, -0.1) is 0 Å². The van der Waals surface area contributed by atoms with Crippen molar-refractivity contribution in [2.24, 2.45) is 17.3 Å². The Balaban J connectivity index is 1.51. The lowest BCUT2D eigenvalue weighted by Crippen LogP contribution is -2.42. The molecule has 0 aliphatic carbocycles. The number of fused-ring (bicyclic) bond motifs is 4. The first-order valence-corrected chi connectivity index (χ1v) is 16.1. The number of oxazole rings is 2. The molecule has 4 bridgehead atoms. The Morgan fingerprint density at radius 3 is 2.62 bits per heavy atom. The molecule has 3 N–H and O–H groups in total. The second kappa shape index (κ2) is 11.0. The predicted molar refractivity (Wildman–Crippen MR) is 170 cm³/mol. The summed E-state index contributed by atoms with van der Waals surface area (Å²) < 4.78 is 34.5. The number of aliphatic hydroxyl groups excluding tert-OH is 1. The first-order valence-electron chi connectivity index (χ1n) is 16.1. The molecule has 0 fully saturated rings. The van der Waals surface area contributed by atoms with Crippen molar-refractivity contribution < 1.29 is 32.7 Å². The molecule has 10 nitrogen and oxygen atoms in total. The highest BCUT2D eigenvalue weighted by Crippen LogP contribution is 2.59. The van der Waals surface area contributed by atoms with Crippen molar-refractivity contribution in [3.8, 4) is 17.3 Å². The lowest BCUT2D eigenvalue weighted by Gasteiger charge is -2.32. The number of carbonyl (C=O) groups excluding carboxylic acids is 2. The Bertz CT molecular complexity index is 1890. The van der Waals surface area contributed by atoms with Gasteiger partial charge in [-0.2, -0.15) is 0 Å². The fourth-order valence-electron chi connectivity index (χ4n) is 7.01. The van der Waals surface area contributed by atoms with Crippen LogP contribution in [0.5, 0.6) is 5.75 Å². The molecule has 0 saturated carbocycles. The van der Waals surface area contributed by atoms with Crippen LogP contribution in [-0.2, 0) is 27.8 Å². The molecular weight excluding hydrogens is 603 g/mol. The van der Waals surface area contributed by atoms with Crippen molar-refractivity contribution in [2.75, 3.05) is 5.32 Å². The van der Waals surface area contributed by atoms with E-state index in [2.05, 4.69) is 10.6 Å². The van der Waals surface area contributed by atoms with Gasteiger partial charge in [-0.25, -0.2) is 14.4 Å². The van der Waals surface area contributed by atoms with Gasteiger partial charge in [0.25, 0.3) is 0 Å². The lowest BCUT2D eigenvalue weighted by molar-refractivity contribution is -0.135. The number of nitrogens with one attached hydrogen (secondary N) is 2. The van der Waals surface area contributed by atoms with E-state index in [1.54, 1.807) is 26.2 Å². The number of anilines is 1. The number of ketones is 1. The number of ether oxygens (including phenoxy) is 1. The van der Waals surface area contributed by atoms with Crippen LogP contribution in [0.3, 0.4) is 0 Å². The van der Waals surface area contributed by atoms with E-state index in [0.717, 1.165) is 11.3 Å². The van der Waals surface area contributed by atoms with E-state index in [9.17, 15) is 14.7 Å².